The summed E-state index contributed by atoms with van der Waals surface area (Å²) in [6.07, 6.45) is -2.80. The van der Waals surface area contributed by atoms with Gasteiger partial charge in [0.05, 0.1) is 0 Å². The van der Waals surface area contributed by atoms with Gasteiger partial charge >= 0.3 is 0 Å². The van der Waals surface area contributed by atoms with Crippen LogP contribution in [0.2, 0.25) is 19.6 Å². The molecular weight excluding hydrogens is 178 g/mol. The fraction of sp³-hybridized carbons (Fsp3) is 0.750. The van der Waals surface area contributed by atoms with E-state index in [1.807, 2.05) is 19.6 Å². The van der Waals surface area contributed by atoms with Gasteiger partial charge in [0.25, 0.3) is 6.43 Å². The molecule has 0 amide bonds. The molecule has 0 aromatic rings. The molecule has 4 heteroatoms. The molecule has 0 rings (SSSR count). The molecule has 0 aromatic heterocycles. The fourth-order valence-corrected chi connectivity index (χ4v) is 0.997. The van der Waals surface area contributed by atoms with Crippen LogP contribution < -0.4 is 0 Å². The van der Waals surface area contributed by atoms with Gasteiger partial charge in [-0.2, -0.15) is 0 Å². The quantitative estimate of drug-likeness (QED) is 0.497. The fourth-order valence-electron chi connectivity index (χ4n) is 0.369. The van der Waals surface area contributed by atoms with Crippen LogP contribution in [0.25, 0.3) is 0 Å². The largest absolute Gasteiger partial charge is 0.372 e. The zero-order chi connectivity index (χ0) is 9.99. The Hall–Kier alpha value is -0.403. The predicted molar refractivity (Wildman–Crippen MR) is 47.7 cm³/mol. The summed E-state index contributed by atoms with van der Waals surface area (Å²) < 4.78 is 24.1. The van der Waals surface area contributed by atoms with E-state index in [-0.39, 0.29) is 0 Å². The molecule has 0 radical (unpaired) electrons. The molecule has 0 spiro atoms. The summed E-state index contributed by atoms with van der Waals surface area (Å²) in [5.41, 5.74) is 0.550. The van der Waals surface area contributed by atoms with Gasteiger partial charge < -0.3 is 5.11 Å². The average Bonchev–Trinajstić information content (AvgIpc) is 1.82. The van der Waals surface area contributed by atoms with Gasteiger partial charge in [0.1, 0.15) is 8.07 Å². The third-order valence-corrected chi connectivity index (χ3v) is 1.99. The molecule has 0 aliphatic heterocycles. The van der Waals surface area contributed by atoms with E-state index in [9.17, 15) is 8.78 Å². The molecule has 1 unspecified atom stereocenters. The number of rotatable bonds is 1. The number of hydrogen-bond acceptors (Lipinski definition) is 1. The maximum atomic E-state index is 12.1. The Kier molecular flexibility index (Phi) is 3.42. The first-order chi connectivity index (χ1) is 5.15. The van der Waals surface area contributed by atoms with Crippen LogP contribution in [0.1, 0.15) is 6.92 Å². The molecule has 1 nitrogen and oxygen atoms in total. The summed E-state index contributed by atoms with van der Waals surface area (Å²) in [5, 5.41) is 9.05. The summed E-state index contributed by atoms with van der Waals surface area (Å²) in [7, 11) is -1.67. The Morgan fingerprint density at radius 2 is 1.75 bits per heavy atom. The van der Waals surface area contributed by atoms with Crippen molar-refractivity contribution in [2.45, 2.75) is 38.6 Å². The molecule has 0 bridgehead atoms. The molecule has 70 valence electrons. The summed E-state index contributed by atoms with van der Waals surface area (Å²) >= 11 is 0. The van der Waals surface area contributed by atoms with Crippen molar-refractivity contribution in [3.05, 3.63) is 0 Å². The standard InChI is InChI=1S/C8H14F2OSi/c1-8(11,7(9)10)5-6-12(2,3)4/h7,11H,1-4H3. The number of halogens is 2. The minimum absolute atomic E-state index is 1.03. The lowest BCUT2D eigenvalue weighted by Crippen LogP contribution is -2.32. The lowest BCUT2D eigenvalue weighted by atomic mass is 10.1. The zero-order valence-electron chi connectivity index (χ0n) is 7.78. The van der Waals surface area contributed by atoms with Crippen LogP contribution in [0.3, 0.4) is 0 Å². The molecule has 1 atom stereocenters. The van der Waals surface area contributed by atoms with Crippen molar-refractivity contribution in [1.29, 1.82) is 0 Å². The highest BCUT2D eigenvalue weighted by Gasteiger charge is 2.30. The minimum atomic E-state index is -2.80. The molecule has 1 N–H and O–H groups in total. The van der Waals surface area contributed by atoms with Crippen LogP contribution >= 0.6 is 0 Å². The summed E-state index contributed by atoms with van der Waals surface area (Å²) in [6, 6.07) is 0. The smallest absolute Gasteiger partial charge is 0.277 e. The van der Waals surface area contributed by atoms with Crippen molar-refractivity contribution in [1.82, 2.24) is 0 Å². The summed E-state index contributed by atoms with van der Waals surface area (Å²) in [5.74, 6) is 2.22. The zero-order valence-corrected chi connectivity index (χ0v) is 8.78. The van der Waals surface area contributed by atoms with Crippen molar-refractivity contribution < 1.29 is 13.9 Å². The Morgan fingerprint density at radius 3 is 2.00 bits per heavy atom. The van der Waals surface area contributed by atoms with Crippen LogP contribution in [0.4, 0.5) is 8.78 Å². The Morgan fingerprint density at radius 1 is 1.33 bits per heavy atom. The highest BCUT2D eigenvalue weighted by atomic mass is 28.3. The Labute approximate surface area is 72.8 Å². The van der Waals surface area contributed by atoms with E-state index >= 15 is 0 Å². The van der Waals surface area contributed by atoms with Gasteiger partial charge in [-0.25, -0.2) is 8.78 Å². The second-order valence-corrected chi connectivity index (χ2v) is 8.70. The van der Waals surface area contributed by atoms with Gasteiger partial charge in [-0.3, -0.25) is 0 Å². The Balaban J connectivity index is 4.50. The van der Waals surface area contributed by atoms with Crippen molar-refractivity contribution in [2.75, 3.05) is 0 Å². The summed E-state index contributed by atoms with van der Waals surface area (Å²) in [6.45, 7) is 6.83. The molecular formula is C8H14F2OSi. The molecule has 0 aliphatic rings. The van der Waals surface area contributed by atoms with Gasteiger partial charge in [-0.15, -0.1) is 5.54 Å². The highest BCUT2D eigenvalue weighted by molar-refractivity contribution is 6.83. The van der Waals surface area contributed by atoms with Crippen molar-refractivity contribution in [3.8, 4) is 11.5 Å². The van der Waals surface area contributed by atoms with E-state index in [2.05, 4.69) is 11.5 Å². The van der Waals surface area contributed by atoms with E-state index in [0.29, 0.717) is 0 Å². The average molecular weight is 192 g/mol. The maximum absolute atomic E-state index is 12.1. The van der Waals surface area contributed by atoms with Crippen molar-refractivity contribution in [2.24, 2.45) is 0 Å². The van der Waals surface area contributed by atoms with E-state index in [1.165, 1.54) is 0 Å². The van der Waals surface area contributed by atoms with Crippen LogP contribution in [-0.4, -0.2) is 25.2 Å². The molecule has 0 aromatic carbocycles. The monoisotopic (exact) mass is 192 g/mol. The second-order valence-electron chi connectivity index (χ2n) is 3.95. The maximum Gasteiger partial charge on any atom is 0.277 e. The normalized spacial score (nSPS) is 16.7. The minimum Gasteiger partial charge on any atom is -0.372 e. The van der Waals surface area contributed by atoms with Crippen LogP contribution in [0, 0.1) is 11.5 Å². The van der Waals surface area contributed by atoms with Crippen LogP contribution in [0.15, 0.2) is 0 Å². The van der Waals surface area contributed by atoms with Crippen LogP contribution in [0.5, 0.6) is 0 Å². The third-order valence-electron chi connectivity index (χ3n) is 1.12. The molecule has 0 saturated carbocycles. The SMILES string of the molecule is CC(O)(C#C[Si](C)(C)C)C(F)F. The second kappa shape index (κ2) is 3.54. The third kappa shape index (κ3) is 4.47. The van der Waals surface area contributed by atoms with Crippen LogP contribution in [-0.2, 0) is 0 Å². The van der Waals surface area contributed by atoms with E-state index in [0.717, 1.165) is 6.92 Å². The first-order valence-corrected chi connectivity index (χ1v) is 7.20. The molecule has 12 heavy (non-hydrogen) atoms. The molecule has 0 aliphatic carbocycles. The molecule has 0 saturated heterocycles. The lowest BCUT2D eigenvalue weighted by Gasteiger charge is -2.15. The number of aliphatic hydroxyl groups is 1. The Bertz CT molecular complexity index is 207. The van der Waals surface area contributed by atoms with Gasteiger partial charge in [0.15, 0.2) is 5.60 Å². The molecule has 0 fully saturated rings. The van der Waals surface area contributed by atoms with Crippen molar-refractivity contribution >= 4 is 8.07 Å². The predicted octanol–water partition coefficient (Wildman–Crippen LogP) is 1.88. The van der Waals surface area contributed by atoms with E-state index in [4.69, 9.17) is 5.11 Å². The molecule has 0 heterocycles. The highest BCUT2D eigenvalue weighted by Crippen LogP contribution is 2.13. The topological polar surface area (TPSA) is 20.2 Å². The van der Waals surface area contributed by atoms with Gasteiger partial charge in [-0.1, -0.05) is 25.6 Å². The van der Waals surface area contributed by atoms with Gasteiger partial charge in [0, 0.05) is 0 Å². The van der Waals surface area contributed by atoms with E-state index in [1.54, 1.807) is 0 Å². The number of hydrogen-bond donors (Lipinski definition) is 1. The number of alkyl halides is 2. The first-order valence-electron chi connectivity index (χ1n) is 3.70. The first kappa shape index (κ1) is 11.6. The van der Waals surface area contributed by atoms with Crippen molar-refractivity contribution in [3.63, 3.8) is 0 Å². The summed E-state index contributed by atoms with van der Waals surface area (Å²) in [4.78, 5) is 0. The van der Waals surface area contributed by atoms with Gasteiger partial charge in [-0.05, 0) is 6.92 Å². The lowest BCUT2D eigenvalue weighted by molar-refractivity contribution is -0.0417. The van der Waals surface area contributed by atoms with E-state index < -0.39 is 20.1 Å². The van der Waals surface area contributed by atoms with Gasteiger partial charge in [0.2, 0.25) is 0 Å².